The number of aliphatic hydroxyl groups excluding tert-OH is 1. The van der Waals surface area contributed by atoms with Crippen LogP contribution in [0.15, 0.2) is 0 Å². The molecule has 0 aromatic heterocycles. The van der Waals surface area contributed by atoms with Crippen molar-refractivity contribution in [2.75, 3.05) is 0 Å². The summed E-state index contributed by atoms with van der Waals surface area (Å²) in [5.41, 5.74) is 0.336. The number of ketones is 1. The first-order chi connectivity index (χ1) is 10.2. The third-order valence-electron chi connectivity index (χ3n) is 8.63. The maximum absolute atomic E-state index is 13.2. The lowest BCUT2D eigenvalue weighted by molar-refractivity contribution is -0.187. The molecule has 2 nitrogen and oxygen atoms in total. The van der Waals surface area contributed by atoms with Gasteiger partial charge in [-0.25, -0.2) is 0 Å². The van der Waals surface area contributed by atoms with Gasteiger partial charge in [-0.05, 0) is 61.2 Å². The molecule has 1 N–H and O–H groups in total. The average Bonchev–Trinajstić information content (AvgIpc) is 2.59. The van der Waals surface area contributed by atoms with E-state index in [0.29, 0.717) is 23.0 Å². The second-order valence-corrected chi connectivity index (χ2v) is 9.99. The minimum atomic E-state index is -0.255. The van der Waals surface area contributed by atoms with Crippen molar-refractivity contribution >= 4 is 5.78 Å². The summed E-state index contributed by atoms with van der Waals surface area (Å²) in [7, 11) is 0. The van der Waals surface area contributed by atoms with Crippen molar-refractivity contribution in [3.8, 4) is 0 Å². The first-order valence-corrected chi connectivity index (χ1v) is 9.45. The standard InChI is InChI=1S/C20H32O2/c1-12-13-10-14(21)16-19(4)8-5-7-18(2,3)15(19)6-9-20(16,11-13)17(12)22/h12-16,21H,5-11H2,1-4H3/t12-,13+,14+,15+,16+,19+,20+/m1/s1. The monoisotopic (exact) mass is 304 g/mol. The van der Waals surface area contributed by atoms with Crippen LogP contribution < -0.4 is 0 Å². The van der Waals surface area contributed by atoms with Crippen LogP contribution in [0.25, 0.3) is 0 Å². The lowest BCUT2D eigenvalue weighted by Crippen LogP contribution is -2.61. The highest BCUT2D eigenvalue weighted by molar-refractivity contribution is 5.90. The van der Waals surface area contributed by atoms with Gasteiger partial charge in [-0.3, -0.25) is 4.79 Å². The van der Waals surface area contributed by atoms with Crippen LogP contribution in [0.2, 0.25) is 0 Å². The van der Waals surface area contributed by atoms with Crippen molar-refractivity contribution < 1.29 is 9.90 Å². The number of fused-ring (bicyclic) bond motifs is 3. The minimum Gasteiger partial charge on any atom is -0.393 e. The van der Waals surface area contributed by atoms with Crippen molar-refractivity contribution in [2.24, 2.45) is 39.9 Å². The zero-order chi connectivity index (χ0) is 15.9. The molecule has 0 heterocycles. The van der Waals surface area contributed by atoms with Gasteiger partial charge in [-0.15, -0.1) is 0 Å². The molecule has 4 rings (SSSR count). The number of carbonyl (C=O) groups is 1. The van der Waals surface area contributed by atoms with Crippen LogP contribution in [0, 0.1) is 39.9 Å². The van der Waals surface area contributed by atoms with E-state index in [4.69, 9.17) is 0 Å². The third-order valence-corrected chi connectivity index (χ3v) is 8.63. The Morgan fingerprint density at radius 3 is 2.59 bits per heavy atom. The fourth-order valence-electron chi connectivity index (χ4n) is 7.91. The SMILES string of the molecule is C[C@H]1C(=O)[C@]23CC[C@H]4C(C)(C)CCC[C@]4(C)[C@@H]2[C@@H](O)C[C@H]1C3. The second kappa shape index (κ2) is 4.37. The fourth-order valence-corrected chi connectivity index (χ4v) is 7.91. The van der Waals surface area contributed by atoms with E-state index in [0.717, 1.165) is 19.3 Å². The zero-order valence-corrected chi connectivity index (χ0v) is 14.7. The molecule has 0 aromatic rings. The molecule has 1 spiro atoms. The molecule has 0 radical (unpaired) electrons. The Kier molecular flexibility index (Phi) is 3.02. The number of hydrogen-bond donors (Lipinski definition) is 1. The van der Waals surface area contributed by atoms with Crippen LogP contribution in [0.3, 0.4) is 0 Å². The highest BCUT2D eigenvalue weighted by Gasteiger charge is 2.69. The Bertz CT molecular complexity index is 510. The largest absolute Gasteiger partial charge is 0.393 e. The summed E-state index contributed by atoms with van der Waals surface area (Å²) in [5, 5.41) is 11.0. The molecular weight excluding hydrogens is 272 g/mol. The van der Waals surface area contributed by atoms with Gasteiger partial charge in [0.05, 0.1) is 6.10 Å². The fraction of sp³-hybridized carbons (Fsp3) is 0.950. The molecule has 4 saturated carbocycles. The second-order valence-electron chi connectivity index (χ2n) is 9.99. The number of hydrogen-bond acceptors (Lipinski definition) is 2. The van der Waals surface area contributed by atoms with Gasteiger partial charge in [0.15, 0.2) is 0 Å². The van der Waals surface area contributed by atoms with Gasteiger partial charge in [0.1, 0.15) is 5.78 Å². The van der Waals surface area contributed by atoms with Gasteiger partial charge >= 0.3 is 0 Å². The van der Waals surface area contributed by atoms with E-state index in [2.05, 4.69) is 27.7 Å². The molecule has 2 heteroatoms. The Balaban J connectivity index is 1.82. The summed E-state index contributed by atoms with van der Waals surface area (Å²) in [5.74, 6) is 2.00. The lowest BCUT2D eigenvalue weighted by Gasteiger charge is -2.64. The summed E-state index contributed by atoms with van der Waals surface area (Å²) in [6, 6.07) is 0. The summed E-state index contributed by atoms with van der Waals surface area (Å²) in [4.78, 5) is 13.2. The summed E-state index contributed by atoms with van der Waals surface area (Å²) in [6.07, 6.45) is 7.67. The molecule has 0 amide bonds. The average molecular weight is 304 g/mol. The normalized spacial score (nSPS) is 56.4. The molecule has 0 unspecified atom stereocenters. The predicted octanol–water partition coefficient (Wildman–Crippen LogP) is 4.21. The maximum atomic E-state index is 13.2. The van der Waals surface area contributed by atoms with Crippen molar-refractivity contribution in [3.05, 3.63) is 0 Å². The van der Waals surface area contributed by atoms with Gasteiger partial charge < -0.3 is 5.11 Å². The predicted molar refractivity (Wildman–Crippen MR) is 87.3 cm³/mol. The molecule has 4 fully saturated rings. The van der Waals surface area contributed by atoms with E-state index < -0.39 is 0 Å². The Morgan fingerprint density at radius 1 is 1.14 bits per heavy atom. The molecule has 22 heavy (non-hydrogen) atoms. The zero-order valence-electron chi connectivity index (χ0n) is 14.7. The smallest absolute Gasteiger partial charge is 0.142 e. The number of carbonyl (C=O) groups excluding carboxylic acids is 1. The Morgan fingerprint density at radius 2 is 1.86 bits per heavy atom. The first-order valence-electron chi connectivity index (χ1n) is 9.45. The van der Waals surface area contributed by atoms with Crippen LogP contribution >= 0.6 is 0 Å². The molecular formula is C20H32O2. The molecule has 2 bridgehead atoms. The minimum absolute atomic E-state index is 0.157. The molecule has 0 aromatic carbocycles. The van der Waals surface area contributed by atoms with Crippen LogP contribution in [-0.2, 0) is 4.79 Å². The van der Waals surface area contributed by atoms with Gasteiger partial charge in [-0.1, -0.05) is 34.1 Å². The molecule has 0 saturated heterocycles. The first kappa shape index (κ1) is 15.2. The van der Waals surface area contributed by atoms with Gasteiger partial charge in [0.25, 0.3) is 0 Å². The Labute approximate surface area is 135 Å². The van der Waals surface area contributed by atoms with Crippen molar-refractivity contribution in [3.63, 3.8) is 0 Å². The van der Waals surface area contributed by atoms with E-state index >= 15 is 0 Å². The van der Waals surface area contributed by atoms with Gasteiger partial charge in [-0.2, -0.15) is 0 Å². The number of rotatable bonds is 0. The van der Waals surface area contributed by atoms with E-state index in [1.54, 1.807) is 0 Å². The molecule has 0 aliphatic heterocycles. The number of aliphatic hydroxyl groups is 1. The van der Waals surface area contributed by atoms with Crippen LogP contribution in [0.5, 0.6) is 0 Å². The summed E-state index contributed by atoms with van der Waals surface area (Å²) >= 11 is 0. The van der Waals surface area contributed by atoms with Crippen LogP contribution in [-0.4, -0.2) is 17.0 Å². The van der Waals surface area contributed by atoms with Crippen molar-refractivity contribution in [1.82, 2.24) is 0 Å². The lowest BCUT2D eigenvalue weighted by atomic mass is 9.40. The number of Topliss-reactive ketones (excluding diaryl/α,β-unsaturated/α-hetero) is 1. The van der Waals surface area contributed by atoms with Crippen molar-refractivity contribution in [1.29, 1.82) is 0 Å². The topological polar surface area (TPSA) is 37.3 Å². The summed E-state index contributed by atoms with van der Waals surface area (Å²) < 4.78 is 0. The Hall–Kier alpha value is -0.370. The van der Waals surface area contributed by atoms with E-state index in [1.165, 1.54) is 25.7 Å². The quantitative estimate of drug-likeness (QED) is 0.728. The molecule has 7 atom stereocenters. The molecule has 4 aliphatic rings. The van der Waals surface area contributed by atoms with E-state index in [1.807, 2.05) is 0 Å². The van der Waals surface area contributed by atoms with E-state index in [-0.39, 0.29) is 28.8 Å². The van der Waals surface area contributed by atoms with Gasteiger partial charge in [0.2, 0.25) is 0 Å². The molecule has 4 aliphatic carbocycles. The molecule has 124 valence electrons. The third kappa shape index (κ3) is 1.63. The maximum Gasteiger partial charge on any atom is 0.142 e. The van der Waals surface area contributed by atoms with E-state index in [9.17, 15) is 9.90 Å². The van der Waals surface area contributed by atoms with Gasteiger partial charge in [0, 0.05) is 17.3 Å². The summed E-state index contributed by atoms with van der Waals surface area (Å²) in [6.45, 7) is 9.38. The highest BCUT2D eigenvalue weighted by Crippen LogP contribution is 2.71. The van der Waals surface area contributed by atoms with Crippen LogP contribution in [0.1, 0.15) is 72.6 Å². The van der Waals surface area contributed by atoms with Crippen molar-refractivity contribution in [2.45, 2.75) is 78.7 Å². The highest BCUT2D eigenvalue weighted by atomic mass is 16.3. The van der Waals surface area contributed by atoms with Crippen LogP contribution in [0.4, 0.5) is 0 Å².